The van der Waals surface area contributed by atoms with Gasteiger partial charge in [0.2, 0.25) is 0 Å². The number of ketones is 1. The second kappa shape index (κ2) is 8.89. The van der Waals surface area contributed by atoms with Gasteiger partial charge in [-0.05, 0) is 54.3 Å². The molecule has 3 aromatic rings. The average Bonchev–Trinajstić information content (AvgIpc) is 3.20. The number of ether oxygens (including phenoxy) is 1. The number of aromatic nitrogens is 1. The molecule has 1 spiro atoms. The Kier molecular flexibility index (Phi) is 6.03. The molecule has 3 heterocycles. The van der Waals surface area contributed by atoms with Crippen molar-refractivity contribution in [1.29, 1.82) is 0 Å². The Morgan fingerprint density at radius 1 is 1.06 bits per heavy atom. The molecule has 0 bridgehead atoms. The lowest BCUT2D eigenvalue weighted by molar-refractivity contribution is -0.0801. The summed E-state index contributed by atoms with van der Waals surface area (Å²) in [6.07, 6.45) is 6.28. The molecule has 2 aromatic carbocycles. The Hall–Kier alpha value is -3.01. The highest BCUT2D eigenvalue weighted by molar-refractivity contribution is 7.90. The van der Waals surface area contributed by atoms with Crippen LogP contribution in [0.4, 0.5) is 8.78 Å². The summed E-state index contributed by atoms with van der Waals surface area (Å²) in [4.78, 5) is 19.3. The quantitative estimate of drug-likeness (QED) is 0.495. The maximum atomic E-state index is 13.6. The van der Waals surface area contributed by atoms with Gasteiger partial charge in [0, 0.05) is 55.0 Å². The molecule has 1 fully saturated rings. The van der Waals surface area contributed by atoms with Crippen molar-refractivity contribution in [3.63, 3.8) is 0 Å². The topological polar surface area (TPSA) is 76.6 Å². The summed E-state index contributed by atoms with van der Waals surface area (Å²) < 4.78 is 58.2. The van der Waals surface area contributed by atoms with Crippen molar-refractivity contribution in [3.8, 4) is 0 Å². The highest BCUT2D eigenvalue weighted by Crippen LogP contribution is 2.43. The molecule has 0 radical (unpaired) electrons. The first-order valence-electron chi connectivity index (χ1n) is 11.3. The molecule has 0 saturated carbocycles. The molecule has 0 atom stereocenters. The number of halogens is 2. The molecule has 0 unspecified atom stereocenters. The van der Waals surface area contributed by atoms with Gasteiger partial charge in [-0.15, -0.1) is 0 Å². The maximum Gasteiger partial charge on any atom is 0.193 e. The van der Waals surface area contributed by atoms with Gasteiger partial charge in [-0.1, -0.05) is 12.1 Å². The van der Waals surface area contributed by atoms with E-state index in [9.17, 15) is 22.0 Å². The Balaban J connectivity index is 1.36. The van der Waals surface area contributed by atoms with Gasteiger partial charge in [-0.25, -0.2) is 17.2 Å². The minimum absolute atomic E-state index is 0.0521. The zero-order valence-electron chi connectivity index (χ0n) is 19.1. The summed E-state index contributed by atoms with van der Waals surface area (Å²) in [5, 5.41) is 0. The molecule has 9 heteroatoms. The number of carbonyl (C=O) groups excluding carboxylic acids is 1. The number of sulfone groups is 1. The molecule has 35 heavy (non-hydrogen) atoms. The molecule has 0 N–H and O–H groups in total. The van der Waals surface area contributed by atoms with E-state index in [1.807, 2.05) is 12.3 Å². The van der Waals surface area contributed by atoms with Crippen LogP contribution in [-0.2, 0) is 33.3 Å². The van der Waals surface area contributed by atoms with Crippen molar-refractivity contribution in [2.24, 2.45) is 0 Å². The Morgan fingerprint density at radius 3 is 2.49 bits per heavy atom. The lowest BCUT2D eigenvalue weighted by atomic mass is 9.84. The summed E-state index contributed by atoms with van der Waals surface area (Å²) in [5.41, 5.74) is 2.58. The summed E-state index contributed by atoms with van der Waals surface area (Å²) in [7, 11) is -3.65. The number of pyridine rings is 1. The second-order valence-corrected chi connectivity index (χ2v) is 11.1. The zero-order valence-corrected chi connectivity index (χ0v) is 19.9. The highest BCUT2D eigenvalue weighted by atomic mass is 32.2. The van der Waals surface area contributed by atoms with E-state index in [4.69, 9.17) is 4.74 Å². The third-order valence-electron chi connectivity index (χ3n) is 6.87. The van der Waals surface area contributed by atoms with Crippen molar-refractivity contribution in [2.45, 2.75) is 36.5 Å². The molecule has 1 aromatic heterocycles. The van der Waals surface area contributed by atoms with Crippen LogP contribution >= 0.6 is 0 Å². The van der Waals surface area contributed by atoms with E-state index in [0.717, 1.165) is 42.4 Å². The van der Waals surface area contributed by atoms with Crippen molar-refractivity contribution in [2.75, 3.05) is 19.3 Å². The minimum atomic E-state index is -3.65. The normalized spacial score (nSPS) is 17.5. The zero-order chi connectivity index (χ0) is 24.8. The van der Waals surface area contributed by atoms with Gasteiger partial charge in [0.1, 0.15) is 0 Å². The number of likely N-dealkylation sites (tertiary alicyclic amines) is 1. The molecule has 5 rings (SSSR count). The predicted molar refractivity (Wildman–Crippen MR) is 125 cm³/mol. The number of benzene rings is 2. The number of piperidine rings is 1. The molecular formula is C26H24F2N2O4S. The third kappa shape index (κ3) is 4.51. The minimum Gasteiger partial charge on any atom is -0.365 e. The van der Waals surface area contributed by atoms with Gasteiger partial charge in [0.15, 0.2) is 27.3 Å². The van der Waals surface area contributed by atoms with Gasteiger partial charge < -0.3 is 4.74 Å². The molecule has 2 aliphatic rings. The first kappa shape index (κ1) is 23.7. The maximum absolute atomic E-state index is 13.6. The first-order valence-corrected chi connectivity index (χ1v) is 13.2. The number of hydrogen-bond acceptors (Lipinski definition) is 6. The van der Waals surface area contributed by atoms with Gasteiger partial charge in [-0.2, -0.15) is 0 Å². The lowest BCUT2D eigenvalue weighted by Crippen LogP contribution is -2.42. The van der Waals surface area contributed by atoms with Crippen LogP contribution < -0.4 is 0 Å². The van der Waals surface area contributed by atoms with Crippen LogP contribution in [0.5, 0.6) is 0 Å². The van der Waals surface area contributed by atoms with E-state index in [1.165, 1.54) is 18.2 Å². The van der Waals surface area contributed by atoms with Gasteiger partial charge in [-0.3, -0.25) is 14.7 Å². The molecule has 2 aliphatic heterocycles. The molecule has 6 nitrogen and oxygen atoms in total. The van der Waals surface area contributed by atoms with Crippen LogP contribution in [0.1, 0.15) is 45.5 Å². The van der Waals surface area contributed by atoms with E-state index in [0.29, 0.717) is 31.8 Å². The third-order valence-corrected chi connectivity index (χ3v) is 8.05. The number of rotatable bonds is 5. The average molecular weight is 499 g/mol. The Labute approximate surface area is 202 Å². The Bertz CT molecular complexity index is 1420. The van der Waals surface area contributed by atoms with E-state index in [2.05, 4.69) is 9.88 Å². The summed E-state index contributed by atoms with van der Waals surface area (Å²) in [6.45, 7) is 2.40. The van der Waals surface area contributed by atoms with Crippen LogP contribution in [0.3, 0.4) is 0 Å². The van der Waals surface area contributed by atoms with E-state index in [-0.39, 0.29) is 21.6 Å². The standard InChI is InChI=1S/C26H24F2N2O4S/c1-35(32,33)24-13-18(25(31)17-4-5-22(27)23(28)12-17)2-3-19(24)15-30-10-7-26(8-11-30)21-14-29-9-6-20(21)16-34-26/h2-6,9,12-14H,7-8,10-11,15-16H2,1H3. The summed E-state index contributed by atoms with van der Waals surface area (Å²) >= 11 is 0. The Morgan fingerprint density at radius 2 is 1.77 bits per heavy atom. The van der Waals surface area contributed by atoms with Crippen LogP contribution in [0.25, 0.3) is 0 Å². The van der Waals surface area contributed by atoms with E-state index < -0.39 is 27.3 Å². The SMILES string of the molecule is CS(=O)(=O)c1cc(C(=O)c2ccc(F)c(F)c2)ccc1CN1CCC2(CC1)OCc1ccncc12. The van der Waals surface area contributed by atoms with Gasteiger partial charge in [0.25, 0.3) is 0 Å². The fourth-order valence-corrected chi connectivity index (χ4v) is 5.91. The number of nitrogens with zero attached hydrogens (tertiary/aromatic N) is 2. The van der Waals surface area contributed by atoms with Crippen LogP contribution in [0, 0.1) is 11.6 Å². The summed E-state index contributed by atoms with van der Waals surface area (Å²) in [6, 6.07) is 9.32. The van der Waals surface area contributed by atoms with Crippen LogP contribution in [-0.4, -0.2) is 43.4 Å². The molecule has 182 valence electrons. The van der Waals surface area contributed by atoms with Crippen molar-refractivity contribution < 1.29 is 26.7 Å². The van der Waals surface area contributed by atoms with Crippen LogP contribution in [0.15, 0.2) is 59.8 Å². The number of fused-ring (bicyclic) bond motifs is 2. The van der Waals surface area contributed by atoms with Crippen molar-refractivity contribution >= 4 is 15.6 Å². The van der Waals surface area contributed by atoms with Crippen LogP contribution in [0.2, 0.25) is 0 Å². The number of carbonyl (C=O) groups is 1. The molecule has 0 amide bonds. The largest absolute Gasteiger partial charge is 0.365 e. The van der Waals surface area contributed by atoms with Gasteiger partial charge >= 0.3 is 0 Å². The predicted octanol–water partition coefficient (Wildman–Crippen LogP) is 4.02. The van der Waals surface area contributed by atoms with E-state index in [1.54, 1.807) is 12.3 Å². The number of hydrogen-bond donors (Lipinski definition) is 0. The molecular weight excluding hydrogens is 474 g/mol. The second-order valence-electron chi connectivity index (χ2n) is 9.14. The molecule has 0 aliphatic carbocycles. The van der Waals surface area contributed by atoms with Crippen molar-refractivity contribution in [3.05, 3.63) is 94.3 Å². The fourth-order valence-electron chi connectivity index (χ4n) is 4.96. The lowest BCUT2D eigenvalue weighted by Gasteiger charge is -2.39. The molecule has 1 saturated heterocycles. The fraction of sp³-hybridized carbons (Fsp3) is 0.308. The van der Waals surface area contributed by atoms with Crippen molar-refractivity contribution in [1.82, 2.24) is 9.88 Å². The smallest absolute Gasteiger partial charge is 0.193 e. The summed E-state index contributed by atoms with van der Waals surface area (Å²) in [5.74, 6) is -2.77. The van der Waals surface area contributed by atoms with Gasteiger partial charge in [0.05, 0.1) is 17.1 Å². The first-order chi connectivity index (χ1) is 16.7. The highest BCUT2D eigenvalue weighted by Gasteiger charge is 2.42. The monoisotopic (exact) mass is 498 g/mol. The van der Waals surface area contributed by atoms with E-state index >= 15 is 0 Å².